The van der Waals surface area contributed by atoms with Gasteiger partial charge in [-0.2, -0.15) is 18.3 Å². The monoisotopic (exact) mass is 473 g/mol. The predicted octanol–water partition coefficient (Wildman–Crippen LogP) is 5.10. The van der Waals surface area contributed by atoms with E-state index in [1.165, 1.54) is 47.4 Å². The van der Waals surface area contributed by atoms with Gasteiger partial charge in [-0.1, -0.05) is 24.3 Å². The highest BCUT2D eigenvalue weighted by Gasteiger charge is 2.30. The first kappa shape index (κ1) is 22.1. The number of hydrogen-bond donors (Lipinski definition) is 1. The van der Waals surface area contributed by atoms with Gasteiger partial charge >= 0.3 is 6.18 Å². The van der Waals surface area contributed by atoms with Gasteiger partial charge in [0.15, 0.2) is 10.8 Å². The molecule has 0 saturated heterocycles. The van der Waals surface area contributed by atoms with Crippen LogP contribution in [0.1, 0.15) is 26.5 Å². The third kappa shape index (κ3) is 5.23. The molecular formula is C21H14F3N5O3S. The van der Waals surface area contributed by atoms with E-state index in [1.807, 2.05) is 0 Å². The molecule has 1 amide bonds. The Morgan fingerprint density at radius 2 is 1.94 bits per heavy atom. The van der Waals surface area contributed by atoms with E-state index in [0.717, 1.165) is 23.5 Å². The summed E-state index contributed by atoms with van der Waals surface area (Å²) in [6.45, 7) is 0. The number of anilines is 1. The predicted molar refractivity (Wildman–Crippen MR) is 115 cm³/mol. The Morgan fingerprint density at radius 1 is 1.15 bits per heavy atom. The van der Waals surface area contributed by atoms with E-state index in [2.05, 4.69) is 15.4 Å². The lowest BCUT2D eigenvalue weighted by Crippen LogP contribution is -2.13. The van der Waals surface area contributed by atoms with Crippen molar-refractivity contribution in [2.24, 2.45) is 0 Å². The van der Waals surface area contributed by atoms with Crippen molar-refractivity contribution < 1.29 is 22.9 Å². The van der Waals surface area contributed by atoms with Gasteiger partial charge in [-0.3, -0.25) is 20.2 Å². The third-order valence-electron chi connectivity index (χ3n) is 4.53. The lowest BCUT2D eigenvalue weighted by atomic mass is 10.1. The average Bonchev–Trinajstić information content (AvgIpc) is 3.43. The summed E-state index contributed by atoms with van der Waals surface area (Å²) in [6, 6.07) is 12.3. The van der Waals surface area contributed by atoms with Crippen molar-refractivity contribution in [2.45, 2.75) is 12.6 Å². The standard InChI is InChI=1S/C21H14F3N5O3S/c22-21(23,24)14-4-1-3-13(9-14)10-17-12-25-20(33-17)26-19(30)18-7-8-28(27-18)15-5-2-6-16(11-15)29(31)32/h1-9,11-12H,10H2,(H,25,26,30). The molecule has 33 heavy (non-hydrogen) atoms. The normalized spacial score (nSPS) is 11.4. The second-order valence-corrected chi connectivity index (χ2v) is 8.00. The zero-order valence-corrected chi connectivity index (χ0v) is 17.4. The van der Waals surface area contributed by atoms with Crippen LogP contribution in [0.25, 0.3) is 5.69 Å². The van der Waals surface area contributed by atoms with Crippen molar-refractivity contribution in [3.05, 3.63) is 98.8 Å². The zero-order valence-electron chi connectivity index (χ0n) is 16.6. The molecule has 4 rings (SSSR count). The van der Waals surface area contributed by atoms with Crippen LogP contribution < -0.4 is 5.32 Å². The van der Waals surface area contributed by atoms with E-state index in [1.54, 1.807) is 12.1 Å². The van der Waals surface area contributed by atoms with Gasteiger partial charge in [0, 0.05) is 35.8 Å². The van der Waals surface area contributed by atoms with Crippen LogP contribution in [0, 0.1) is 10.1 Å². The number of thiazole rings is 1. The van der Waals surface area contributed by atoms with E-state index >= 15 is 0 Å². The van der Waals surface area contributed by atoms with Gasteiger partial charge in [0.1, 0.15) is 0 Å². The first-order valence-electron chi connectivity index (χ1n) is 9.42. The van der Waals surface area contributed by atoms with Gasteiger partial charge in [-0.05, 0) is 23.8 Å². The van der Waals surface area contributed by atoms with Crippen molar-refractivity contribution in [3.63, 3.8) is 0 Å². The van der Waals surface area contributed by atoms with Gasteiger partial charge in [0.2, 0.25) is 0 Å². The maximum atomic E-state index is 12.9. The summed E-state index contributed by atoms with van der Waals surface area (Å²) in [5.74, 6) is -0.542. The van der Waals surface area contributed by atoms with Crippen LogP contribution in [0.15, 0.2) is 67.0 Å². The molecule has 0 spiro atoms. The fourth-order valence-electron chi connectivity index (χ4n) is 3.00. The largest absolute Gasteiger partial charge is 0.416 e. The topological polar surface area (TPSA) is 103 Å². The summed E-state index contributed by atoms with van der Waals surface area (Å²) in [5, 5.41) is 17.9. The molecule has 0 atom stereocenters. The molecule has 0 radical (unpaired) electrons. The molecule has 8 nitrogen and oxygen atoms in total. The van der Waals surface area contributed by atoms with Crippen molar-refractivity contribution in [1.29, 1.82) is 0 Å². The molecule has 0 saturated carbocycles. The smallest absolute Gasteiger partial charge is 0.296 e. The van der Waals surface area contributed by atoms with Gasteiger partial charge in [0.05, 0.1) is 16.2 Å². The van der Waals surface area contributed by atoms with E-state index < -0.39 is 22.6 Å². The SMILES string of the molecule is O=C(Nc1ncc(Cc2cccc(C(F)(F)F)c2)s1)c1ccn(-c2cccc([N+](=O)[O-])c2)n1. The fourth-order valence-corrected chi connectivity index (χ4v) is 3.85. The molecule has 168 valence electrons. The summed E-state index contributed by atoms with van der Waals surface area (Å²) in [7, 11) is 0. The average molecular weight is 473 g/mol. The Morgan fingerprint density at radius 3 is 2.70 bits per heavy atom. The maximum absolute atomic E-state index is 12.9. The molecule has 12 heteroatoms. The summed E-state index contributed by atoms with van der Waals surface area (Å²) in [4.78, 5) is 27.7. The van der Waals surface area contributed by atoms with E-state index in [9.17, 15) is 28.1 Å². The Bertz CT molecular complexity index is 1330. The lowest BCUT2D eigenvalue weighted by molar-refractivity contribution is -0.384. The van der Waals surface area contributed by atoms with Crippen LogP contribution in [-0.4, -0.2) is 25.6 Å². The number of nitrogens with zero attached hydrogens (tertiary/aromatic N) is 4. The van der Waals surface area contributed by atoms with Crippen molar-refractivity contribution >= 4 is 28.1 Å². The quantitative estimate of drug-likeness (QED) is 0.310. The highest BCUT2D eigenvalue weighted by molar-refractivity contribution is 7.15. The van der Waals surface area contributed by atoms with E-state index in [4.69, 9.17) is 0 Å². The lowest BCUT2D eigenvalue weighted by Gasteiger charge is -2.07. The number of nitro benzene ring substituents is 1. The summed E-state index contributed by atoms with van der Waals surface area (Å²) >= 11 is 1.14. The molecule has 0 unspecified atom stereocenters. The minimum absolute atomic E-state index is 0.0659. The van der Waals surface area contributed by atoms with Crippen LogP contribution in [0.4, 0.5) is 24.0 Å². The number of rotatable bonds is 6. The van der Waals surface area contributed by atoms with E-state index in [0.29, 0.717) is 16.1 Å². The van der Waals surface area contributed by atoms with Gasteiger partial charge in [0.25, 0.3) is 11.6 Å². The molecule has 2 aromatic heterocycles. The molecule has 0 aliphatic rings. The summed E-state index contributed by atoms with van der Waals surface area (Å²) in [6.07, 6.45) is -1.20. The number of carbonyl (C=O) groups is 1. The maximum Gasteiger partial charge on any atom is 0.416 e. The van der Waals surface area contributed by atoms with Crippen molar-refractivity contribution in [1.82, 2.24) is 14.8 Å². The molecule has 0 bridgehead atoms. The number of amides is 1. The van der Waals surface area contributed by atoms with Gasteiger partial charge in [-0.25, -0.2) is 9.67 Å². The van der Waals surface area contributed by atoms with E-state index in [-0.39, 0.29) is 22.9 Å². The van der Waals surface area contributed by atoms with Crippen LogP contribution in [0.3, 0.4) is 0 Å². The first-order chi connectivity index (χ1) is 15.7. The second-order valence-electron chi connectivity index (χ2n) is 6.88. The fraction of sp³-hybridized carbons (Fsp3) is 0.0952. The summed E-state index contributed by atoms with van der Waals surface area (Å²) in [5.41, 5.74) is 0.126. The number of halogens is 3. The highest BCUT2D eigenvalue weighted by atomic mass is 32.1. The molecule has 1 N–H and O–H groups in total. The number of aromatic nitrogens is 3. The number of carbonyl (C=O) groups excluding carboxylic acids is 1. The highest BCUT2D eigenvalue weighted by Crippen LogP contribution is 2.30. The minimum Gasteiger partial charge on any atom is -0.296 e. The van der Waals surface area contributed by atoms with Crippen LogP contribution >= 0.6 is 11.3 Å². The zero-order chi connectivity index (χ0) is 23.6. The number of non-ortho nitro benzene ring substituents is 1. The number of benzene rings is 2. The third-order valence-corrected chi connectivity index (χ3v) is 5.45. The first-order valence-corrected chi connectivity index (χ1v) is 10.2. The second kappa shape index (κ2) is 8.82. The Labute approximate surface area is 188 Å². The number of alkyl halides is 3. The Kier molecular flexibility index (Phi) is 5.92. The molecule has 2 heterocycles. The Hall–Kier alpha value is -4.06. The van der Waals surface area contributed by atoms with Crippen molar-refractivity contribution in [2.75, 3.05) is 5.32 Å². The van der Waals surface area contributed by atoms with Gasteiger partial charge < -0.3 is 0 Å². The molecule has 0 aliphatic heterocycles. The van der Waals surface area contributed by atoms with Crippen molar-refractivity contribution in [3.8, 4) is 5.69 Å². The number of hydrogen-bond acceptors (Lipinski definition) is 6. The number of nitro groups is 1. The number of nitrogens with one attached hydrogen (secondary N) is 1. The minimum atomic E-state index is -4.42. The van der Waals surface area contributed by atoms with Crippen LogP contribution in [0.5, 0.6) is 0 Å². The summed E-state index contributed by atoms with van der Waals surface area (Å²) < 4.78 is 40.0. The molecule has 0 aliphatic carbocycles. The Balaban J connectivity index is 1.43. The molecular weight excluding hydrogens is 459 g/mol. The molecule has 2 aromatic carbocycles. The van der Waals surface area contributed by atoms with Gasteiger partial charge in [-0.15, -0.1) is 11.3 Å². The van der Waals surface area contributed by atoms with Crippen LogP contribution in [0.2, 0.25) is 0 Å². The molecule has 0 fully saturated rings. The molecule has 4 aromatic rings. The van der Waals surface area contributed by atoms with Crippen LogP contribution in [-0.2, 0) is 12.6 Å².